The molecule has 1 aliphatic rings. The Labute approximate surface area is 196 Å². The topological polar surface area (TPSA) is 63.9 Å². The highest BCUT2D eigenvalue weighted by atomic mass is 16.1. The van der Waals surface area contributed by atoms with Crippen LogP contribution in [0.15, 0.2) is 71.7 Å². The summed E-state index contributed by atoms with van der Waals surface area (Å²) in [4.78, 5) is 27.3. The summed E-state index contributed by atoms with van der Waals surface area (Å²) in [6.07, 6.45) is 12.1. The van der Waals surface area contributed by atoms with Crippen molar-refractivity contribution in [1.82, 2.24) is 24.4 Å². The Morgan fingerprint density at radius 2 is 1.94 bits per heavy atom. The summed E-state index contributed by atoms with van der Waals surface area (Å²) in [5, 5.41) is 0. The van der Waals surface area contributed by atoms with Gasteiger partial charge < -0.3 is 4.90 Å². The molecule has 4 rings (SSSR count). The molecule has 0 fully saturated rings. The second kappa shape index (κ2) is 11.4. The third-order valence-electron chi connectivity index (χ3n) is 5.51. The third kappa shape index (κ3) is 6.25. The minimum absolute atomic E-state index is 0.0752. The first kappa shape index (κ1) is 24.1. The lowest BCUT2D eigenvalue weighted by molar-refractivity contribution is 0.326. The van der Waals surface area contributed by atoms with E-state index in [1.165, 1.54) is 39.9 Å². The quantitative estimate of drug-likeness (QED) is 0.541. The molecule has 0 bridgehead atoms. The molecular formula is C27H33N5O. The summed E-state index contributed by atoms with van der Waals surface area (Å²) >= 11 is 0. The zero-order valence-corrected chi connectivity index (χ0v) is 20.1. The summed E-state index contributed by atoms with van der Waals surface area (Å²) in [7, 11) is 1.73. The minimum atomic E-state index is -0.0752. The molecule has 0 aromatic carbocycles. The zero-order valence-electron chi connectivity index (χ0n) is 20.1. The van der Waals surface area contributed by atoms with Crippen molar-refractivity contribution in [3.8, 4) is 0 Å². The number of fused-ring (bicyclic) bond motifs is 1. The van der Waals surface area contributed by atoms with E-state index in [9.17, 15) is 4.79 Å². The Kier molecular flexibility index (Phi) is 8.30. The fourth-order valence-corrected chi connectivity index (χ4v) is 3.69. The van der Waals surface area contributed by atoms with E-state index < -0.39 is 0 Å². The van der Waals surface area contributed by atoms with Crippen LogP contribution < -0.4 is 5.56 Å². The smallest absolute Gasteiger partial charge is 0.253 e. The van der Waals surface area contributed by atoms with Gasteiger partial charge in [0, 0.05) is 75.2 Å². The van der Waals surface area contributed by atoms with Crippen molar-refractivity contribution in [1.29, 1.82) is 0 Å². The Morgan fingerprint density at radius 3 is 2.67 bits per heavy atom. The summed E-state index contributed by atoms with van der Waals surface area (Å²) in [5.74, 6) is 0.624. The number of hydrogen-bond donors (Lipinski definition) is 0. The van der Waals surface area contributed by atoms with E-state index in [-0.39, 0.29) is 5.56 Å². The van der Waals surface area contributed by atoms with Crippen LogP contribution in [0, 0.1) is 0 Å². The maximum atomic E-state index is 11.8. The average Bonchev–Trinajstić information content (AvgIpc) is 2.82. The molecule has 0 aliphatic carbocycles. The van der Waals surface area contributed by atoms with Crippen molar-refractivity contribution in [3.63, 3.8) is 0 Å². The SMILES string of the molecule is C=C(/C(C)=C\c1nccc(=O)n1C)N1CCc2ncc(Cc3cccnc3)cc2C1.CCC. The van der Waals surface area contributed by atoms with Crippen molar-refractivity contribution < 1.29 is 0 Å². The van der Waals surface area contributed by atoms with Gasteiger partial charge in [0.1, 0.15) is 5.82 Å². The van der Waals surface area contributed by atoms with E-state index in [2.05, 4.69) is 47.4 Å². The van der Waals surface area contributed by atoms with Gasteiger partial charge in [-0.1, -0.05) is 39.0 Å². The molecule has 0 spiro atoms. The number of aromatic nitrogens is 4. The van der Waals surface area contributed by atoms with Crippen LogP contribution in [0.25, 0.3) is 6.08 Å². The van der Waals surface area contributed by atoms with Crippen LogP contribution in [-0.4, -0.2) is 31.0 Å². The first-order valence-electron chi connectivity index (χ1n) is 11.4. The Morgan fingerprint density at radius 1 is 1.15 bits per heavy atom. The van der Waals surface area contributed by atoms with E-state index in [4.69, 9.17) is 4.98 Å². The Hall–Kier alpha value is -3.54. The van der Waals surface area contributed by atoms with Gasteiger partial charge in [-0.3, -0.25) is 19.3 Å². The standard InChI is InChI=1S/C24H25N5O.C3H8/c1-17(11-23-26-9-6-24(30)28(23)3)18(2)29-10-7-22-21(16-29)13-20(15-27-22)12-19-5-4-8-25-14-19;1-3-2/h4-6,8-9,11,13-15H,2,7,10,12,16H2,1,3H3;3H2,1-2H3/b17-11-;. The molecule has 0 saturated heterocycles. The second-order valence-electron chi connectivity index (χ2n) is 8.34. The predicted molar refractivity (Wildman–Crippen MR) is 134 cm³/mol. The van der Waals surface area contributed by atoms with Crippen LogP contribution in [0.2, 0.25) is 0 Å². The van der Waals surface area contributed by atoms with Gasteiger partial charge in [0.2, 0.25) is 0 Å². The van der Waals surface area contributed by atoms with Crippen LogP contribution in [0.4, 0.5) is 0 Å². The molecule has 0 unspecified atom stereocenters. The van der Waals surface area contributed by atoms with Crippen LogP contribution in [-0.2, 0) is 26.4 Å². The highest BCUT2D eigenvalue weighted by Gasteiger charge is 2.19. The fraction of sp³-hybridized carbons (Fsp3) is 0.333. The summed E-state index contributed by atoms with van der Waals surface area (Å²) < 4.78 is 1.54. The summed E-state index contributed by atoms with van der Waals surface area (Å²) in [5.41, 5.74) is 6.61. The molecule has 6 nitrogen and oxygen atoms in total. The van der Waals surface area contributed by atoms with E-state index in [1.807, 2.05) is 31.5 Å². The van der Waals surface area contributed by atoms with E-state index in [0.717, 1.165) is 42.9 Å². The lowest BCUT2D eigenvalue weighted by Crippen LogP contribution is -2.30. The van der Waals surface area contributed by atoms with Gasteiger partial charge in [-0.15, -0.1) is 0 Å². The average molecular weight is 444 g/mol. The van der Waals surface area contributed by atoms with E-state index in [1.54, 1.807) is 13.2 Å². The molecule has 0 saturated carbocycles. The third-order valence-corrected chi connectivity index (χ3v) is 5.51. The van der Waals surface area contributed by atoms with Gasteiger partial charge in [-0.25, -0.2) is 4.98 Å². The second-order valence-corrected chi connectivity index (χ2v) is 8.34. The molecule has 0 radical (unpaired) electrons. The van der Waals surface area contributed by atoms with Crippen LogP contribution in [0.5, 0.6) is 0 Å². The molecule has 4 heterocycles. The normalized spacial score (nSPS) is 13.1. The Balaban J connectivity index is 0.000000968. The fourth-order valence-electron chi connectivity index (χ4n) is 3.69. The first-order valence-corrected chi connectivity index (χ1v) is 11.4. The molecule has 33 heavy (non-hydrogen) atoms. The maximum Gasteiger partial charge on any atom is 0.253 e. The van der Waals surface area contributed by atoms with Crippen molar-refractivity contribution in [2.24, 2.45) is 7.05 Å². The number of pyridine rings is 2. The van der Waals surface area contributed by atoms with Gasteiger partial charge in [0.05, 0.1) is 0 Å². The molecular weight excluding hydrogens is 410 g/mol. The summed E-state index contributed by atoms with van der Waals surface area (Å²) in [6, 6.07) is 7.74. The molecule has 0 N–H and O–H groups in total. The van der Waals surface area contributed by atoms with Crippen LogP contribution in [0.1, 0.15) is 55.4 Å². The lowest BCUT2D eigenvalue weighted by Gasteiger charge is -2.32. The highest BCUT2D eigenvalue weighted by molar-refractivity contribution is 5.51. The maximum absolute atomic E-state index is 11.8. The molecule has 172 valence electrons. The molecule has 0 atom stereocenters. The Bertz CT molecular complexity index is 1180. The lowest BCUT2D eigenvalue weighted by atomic mass is 10.00. The monoisotopic (exact) mass is 443 g/mol. The number of allylic oxidation sites excluding steroid dienone is 1. The number of hydrogen-bond acceptors (Lipinski definition) is 5. The number of rotatable bonds is 5. The highest BCUT2D eigenvalue weighted by Crippen LogP contribution is 2.25. The van der Waals surface area contributed by atoms with Gasteiger partial charge in [-0.05, 0) is 41.3 Å². The number of nitrogens with zero attached hydrogens (tertiary/aromatic N) is 5. The molecule has 3 aromatic rings. The van der Waals surface area contributed by atoms with E-state index >= 15 is 0 Å². The van der Waals surface area contributed by atoms with Gasteiger partial charge in [-0.2, -0.15) is 0 Å². The summed E-state index contributed by atoms with van der Waals surface area (Å²) in [6.45, 7) is 12.2. The molecule has 6 heteroatoms. The van der Waals surface area contributed by atoms with Crippen molar-refractivity contribution in [2.75, 3.05) is 6.54 Å². The van der Waals surface area contributed by atoms with E-state index in [0.29, 0.717) is 5.82 Å². The van der Waals surface area contributed by atoms with Crippen molar-refractivity contribution >= 4 is 6.08 Å². The van der Waals surface area contributed by atoms with Crippen molar-refractivity contribution in [2.45, 2.75) is 46.6 Å². The zero-order chi connectivity index (χ0) is 23.8. The molecule has 1 aliphatic heterocycles. The predicted octanol–water partition coefficient (Wildman–Crippen LogP) is 4.55. The van der Waals surface area contributed by atoms with Gasteiger partial charge >= 0.3 is 0 Å². The van der Waals surface area contributed by atoms with Gasteiger partial charge in [0.25, 0.3) is 5.56 Å². The van der Waals surface area contributed by atoms with Crippen molar-refractivity contribution in [3.05, 3.63) is 105 Å². The largest absolute Gasteiger partial charge is 0.367 e. The minimum Gasteiger partial charge on any atom is -0.367 e. The molecule has 3 aromatic heterocycles. The van der Waals surface area contributed by atoms with Gasteiger partial charge in [0.15, 0.2) is 0 Å². The van der Waals surface area contributed by atoms with Crippen LogP contribution >= 0.6 is 0 Å². The first-order chi connectivity index (χ1) is 15.9. The van der Waals surface area contributed by atoms with Crippen LogP contribution in [0.3, 0.4) is 0 Å². The molecule has 0 amide bonds.